The number of rotatable bonds is 3. The Kier molecular flexibility index (Phi) is 3.89. The van der Waals surface area contributed by atoms with Gasteiger partial charge in [-0.3, -0.25) is 4.79 Å². The Balaban J connectivity index is 2.50. The lowest BCUT2D eigenvalue weighted by atomic mass is 10.1. The molecule has 0 heterocycles. The van der Waals surface area contributed by atoms with E-state index in [1.807, 2.05) is 0 Å². The molecule has 7 heteroatoms. The number of para-hydroxylation sites is 1. The van der Waals surface area contributed by atoms with Crippen molar-refractivity contribution >= 4 is 38.9 Å². The maximum Gasteiger partial charge on any atom is 0.250 e. The first-order valence-electron chi connectivity index (χ1n) is 5.50. The molecule has 0 unspecified atom stereocenters. The fraction of sp³-hybridized carbons (Fsp3) is 0. The number of carbonyl (C=O) groups is 1. The van der Waals surface area contributed by atoms with E-state index in [4.69, 9.17) is 11.5 Å². The van der Waals surface area contributed by atoms with Gasteiger partial charge in [0.1, 0.15) is 11.6 Å². The summed E-state index contributed by atoms with van der Waals surface area (Å²) in [5, 5.41) is 2.60. The molecule has 5 N–H and O–H groups in total. The molecule has 4 nitrogen and oxygen atoms in total. The lowest BCUT2D eigenvalue weighted by Crippen LogP contribution is -2.14. The van der Waals surface area contributed by atoms with Crippen molar-refractivity contribution in [1.82, 2.24) is 0 Å². The first-order valence-corrected chi connectivity index (χ1v) is 6.29. The van der Waals surface area contributed by atoms with Crippen LogP contribution in [0.25, 0.3) is 0 Å². The van der Waals surface area contributed by atoms with Gasteiger partial charge in [0, 0.05) is 6.07 Å². The summed E-state index contributed by atoms with van der Waals surface area (Å²) in [5.41, 5.74) is 11.2. The third kappa shape index (κ3) is 2.72. The zero-order valence-corrected chi connectivity index (χ0v) is 11.7. The average Bonchev–Trinajstić information content (AvgIpc) is 2.37. The maximum atomic E-state index is 13.8. The predicted molar refractivity (Wildman–Crippen MR) is 76.7 cm³/mol. The summed E-state index contributed by atoms with van der Waals surface area (Å²) in [7, 11) is 0. The van der Waals surface area contributed by atoms with E-state index >= 15 is 0 Å². The van der Waals surface area contributed by atoms with Crippen molar-refractivity contribution in [1.29, 1.82) is 0 Å². The number of nitrogens with two attached hydrogens (primary N) is 2. The van der Waals surface area contributed by atoms with Crippen LogP contribution in [-0.2, 0) is 0 Å². The third-order valence-electron chi connectivity index (χ3n) is 2.63. The largest absolute Gasteiger partial charge is 0.397 e. The van der Waals surface area contributed by atoms with Crippen LogP contribution in [0, 0.1) is 11.6 Å². The summed E-state index contributed by atoms with van der Waals surface area (Å²) < 4.78 is 27.2. The highest BCUT2D eigenvalue weighted by Gasteiger charge is 2.14. The molecule has 0 fully saturated rings. The number of carbonyl (C=O) groups excluding carboxylic acids is 1. The van der Waals surface area contributed by atoms with Gasteiger partial charge in [-0.2, -0.15) is 0 Å². The monoisotopic (exact) mass is 341 g/mol. The van der Waals surface area contributed by atoms with Crippen molar-refractivity contribution in [2.24, 2.45) is 5.73 Å². The van der Waals surface area contributed by atoms with Gasteiger partial charge in [-0.05, 0) is 34.1 Å². The minimum Gasteiger partial charge on any atom is -0.397 e. The minimum atomic E-state index is -0.724. The van der Waals surface area contributed by atoms with Gasteiger partial charge >= 0.3 is 0 Å². The number of benzene rings is 2. The van der Waals surface area contributed by atoms with E-state index in [1.165, 1.54) is 12.1 Å². The Hall–Kier alpha value is -2.15. The smallest absolute Gasteiger partial charge is 0.250 e. The van der Waals surface area contributed by atoms with Gasteiger partial charge in [-0.25, -0.2) is 8.78 Å². The summed E-state index contributed by atoms with van der Waals surface area (Å²) >= 11 is 2.88. The topological polar surface area (TPSA) is 81.1 Å². The summed E-state index contributed by atoms with van der Waals surface area (Å²) in [6, 6.07) is 6.42. The molecule has 1 amide bonds. The van der Waals surface area contributed by atoms with Gasteiger partial charge in [0.25, 0.3) is 5.91 Å². The number of primary amides is 1. The molecule has 0 saturated carbocycles. The number of anilines is 3. The quantitative estimate of drug-likeness (QED) is 0.592. The highest BCUT2D eigenvalue weighted by Crippen LogP contribution is 2.30. The van der Waals surface area contributed by atoms with Crippen LogP contribution in [0.15, 0.2) is 34.8 Å². The molecule has 0 spiro atoms. The zero-order chi connectivity index (χ0) is 14.9. The highest BCUT2D eigenvalue weighted by molar-refractivity contribution is 9.10. The van der Waals surface area contributed by atoms with Crippen molar-refractivity contribution in [3.8, 4) is 0 Å². The summed E-state index contributed by atoms with van der Waals surface area (Å²) in [5.74, 6) is -2.07. The van der Waals surface area contributed by atoms with E-state index in [0.29, 0.717) is 0 Å². The Morgan fingerprint density at radius 1 is 1.20 bits per heavy atom. The second-order valence-electron chi connectivity index (χ2n) is 4.01. The van der Waals surface area contributed by atoms with Crippen LogP contribution >= 0.6 is 15.9 Å². The molecule has 104 valence electrons. The molecular weight excluding hydrogens is 332 g/mol. The van der Waals surface area contributed by atoms with Crippen molar-refractivity contribution in [3.05, 3.63) is 52.0 Å². The summed E-state index contributed by atoms with van der Waals surface area (Å²) in [6.45, 7) is 0. The van der Waals surface area contributed by atoms with E-state index in [2.05, 4.69) is 21.2 Å². The minimum absolute atomic E-state index is 0.00305. The van der Waals surface area contributed by atoms with E-state index in [-0.39, 0.29) is 27.1 Å². The number of nitrogens with one attached hydrogen (secondary N) is 1. The normalized spacial score (nSPS) is 10.3. The van der Waals surface area contributed by atoms with Crippen LogP contribution in [0.5, 0.6) is 0 Å². The molecule has 0 aromatic heterocycles. The lowest BCUT2D eigenvalue weighted by Gasteiger charge is -2.13. The summed E-state index contributed by atoms with van der Waals surface area (Å²) in [6.07, 6.45) is 0. The van der Waals surface area contributed by atoms with Gasteiger partial charge in [0.15, 0.2) is 0 Å². The fourth-order valence-corrected chi connectivity index (χ4v) is 1.98. The fourth-order valence-electron chi connectivity index (χ4n) is 1.67. The van der Waals surface area contributed by atoms with Crippen molar-refractivity contribution in [2.75, 3.05) is 11.1 Å². The Morgan fingerprint density at radius 2 is 1.90 bits per heavy atom. The molecular formula is C13H10BrF2N3O. The van der Waals surface area contributed by atoms with Crippen molar-refractivity contribution < 1.29 is 13.6 Å². The van der Waals surface area contributed by atoms with E-state index in [9.17, 15) is 13.6 Å². The lowest BCUT2D eigenvalue weighted by molar-refractivity contribution is 0.100. The molecule has 0 radical (unpaired) electrons. The Bertz CT molecular complexity index is 692. The van der Waals surface area contributed by atoms with E-state index < -0.39 is 17.5 Å². The number of halogens is 3. The Morgan fingerprint density at radius 3 is 2.55 bits per heavy atom. The average molecular weight is 342 g/mol. The van der Waals surface area contributed by atoms with Gasteiger partial charge < -0.3 is 16.8 Å². The first-order chi connectivity index (χ1) is 9.40. The second kappa shape index (κ2) is 5.46. The van der Waals surface area contributed by atoms with Crippen LogP contribution < -0.4 is 16.8 Å². The van der Waals surface area contributed by atoms with E-state index in [1.54, 1.807) is 6.07 Å². The standard InChI is InChI=1S/C13H10BrF2N3O/c14-7-4-9(16)11(5-8(7)15)19-12-6(13(18)20)2-1-3-10(12)17/h1-5,19H,17H2,(H2,18,20). The van der Waals surface area contributed by atoms with Gasteiger partial charge in [-0.1, -0.05) is 6.07 Å². The van der Waals surface area contributed by atoms with Gasteiger partial charge in [0.05, 0.1) is 27.1 Å². The molecule has 0 saturated heterocycles. The van der Waals surface area contributed by atoms with Crippen LogP contribution in [-0.4, -0.2) is 5.91 Å². The van der Waals surface area contributed by atoms with Crippen molar-refractivity contribution in [3.63, 3.8) is 0 Å². The SMILES string of the molecule is NC(=O)c1cccc(N)c1Nc1cc(F)c(Br)cc1F. The molecule has 0 aliphatic heterocycles. The molecule has 2 rings (SSSR count). The van der Waals surface area contributed by atoms with E-state index in [0.717, 1.165) is 12.1 Å². The second-order valence-corrected chi connectivity index (χ2v) is 4.86. The van der Waals surface area contributed by atoms with Gasteiger partial charge in [-0.15, -0.1) is 0 Å². The van der Waals surface area contributed by atoms with Crippen LogP contribution in [0.1, 0.15) is 10.4 Å². The number of hydrogen-bond donors (Lipinski definition) is 3. The zero-order valence-electron chi connectivity index (χ0n) is 10.1. The molecule has 20 heavy (non-hydrogen) atoms. The third-order valence-corrected chi connectivity index (χ3v) is 3.24. The Labute approximate surface area is 121 Å². The molecule has 2 aromatic rings. The van der Waals surface area contributed by atoms with Crippen LogP contribution in [0.2, 0.25) is 0 Å². The number of amides is 1. The van der Waals surface area contributed by atoms with Crippen LogP contribution in [0.3, 0.4) is 0 Å². The van der Waals surface area contributed by atoms with Gasteiger partial charge in [0.2, 0.25) is 0 Å². The highest BCUT2D eigenvalue weighted by atomic mass is 79.9. The van der Waals surface area contributed by atoms with Crippen molar-refractivity contribution in [2.45, 2.75) is 0 Å². The number of nitrogen functional groups attached to an aromatic ring is 1. The van der Waals surface area contributed by atoms with Crippen LogP contribution in [0.4, 0.5) is 25.8 Å². The first kappa shape index (κ1) is 14.3. The molecule has 0 atom stereocenters. The molecule has 0 aliphatic carbocycles. The molecule has 0 bridgehead atoms. The molecule has 0 aliphatic rings. The molecule has 2 aromatic carbocycles. The summed E-state index contributed by atoms with van der Waals surface area (Å²) in [4.78, 5) is 11.3. The number of hydrogen-bond acceptors (Lipinski definition) is 3. The maximum absolute atomic E-state index is 13.8. The predicted octanol–water partition coefficient (Wildman–Crippen LogP) is 3.15.